The van der Waals surface area contributed by atoms with Crippen LogP contribution in [0.4, 0.5) is 5.69 Å². The average Bonchev–Trinajstić information content (AvgIpc) is 2.48. The number of hydrogen-bond donors (Lipinski definition) is 0. The highest BCUT2D eigenvalue weighted by molar-refractivity contribution is 9.09. The first-order valence-electron chi connectivity index (χ1n) is 7.01. The standard InChI is InChI=1S/C15H23BrN2O/c1-19-15-7-3-2-6-14(15)18-12-10-17(11-13-18)9-5-4-8-16/h2-3,6-7H,4-5,8-13H2,1H3. The Hall–Kier alpha value is -0.740. The molecule has 1 fully saturated rings. The van der Waals surface area contributed by atoms with Gasteiger partial charge < -0.3 is 9.64 Å². The molecule has 3 nitrogen and oxygen atoms in total. The molecule has 0 spiro atoms. The van der Waals surface area contributed by atoms with E-state index in [9.17, 15) is 0 Å². The molecule has 1 heterocycles. The maximum absolute atomic E-state index is 5.44. The van der Waals surface area contributed by atoms with E-state index >= 15 is 0 Å². The van der Waals surface area contributed by atoms with E-state index in [1.165, 1.54) is 25.1 Å². The van der Waals surface area contributed by atoms with Crippen molar-refractivity contribution in [1.29, 1.82) is 0 Å². The summed E-state index contributed by atoms with van der Waals surface area (Å²) in [4.78, 5) is 4.99. The van der Waals surface area contributed by atoms with Gasteiger partial charge in [0.25, 0.3) is 0 Å². The molecule has 4 heteroatoms. The summed E-state index contributed by atoms with van der Waals surface area (Å²) in [7, 11) is 1.75. The fourth-order valence-corrected chi connectivity index (χ4v) is 2.93. The lowest BCUT2D eigenvalue weighted by atomic mass is 10.2. The van der Waals surface area contributed by atoms with Gasteiger partial charge in [0.2, 0.25) is 0 Å². The zero-order valence-corrected chi connectivity index (χ0v) is 13.2. The normalized spacial score (nSPS) is 16.6. The Morgan fingerprint density at radius 1 is 1.11 bits per heavy atom. The Kier molecular flexibility index (Phi) is 5.98. The van der Waals surface area contributed by atoms with Crippen molar-refractivity contribution in [2.45, 2.75) is 12.8 Å². The van der Waals surface area contributed by atoms with Crippen LogP contribution in [0.5, 0.6) is 5.75 Å². The Morgan fingerprint density at radius 2 is 1.84 bits per heavy atom. The fourth-order valence-electron chi connectivity index (χ4n) is 2.53. The van der Waals surface area contributed by atoms with Gasteiger partial charge in [0.1, 0.15) is 5.75 Å². The molecule has 2 rings (SSSR count). The van der Waals surface area contributed by atoms with Crippen LogP contribution >= 0.6 is 15.9 Å². The molecular weight excluding hydrogens is 304 g/mol. The maximum Gasteiger partial charge on any atom is 0.142 e. The molecule has 0 aliphatic carbocycles. The number of rotatable bonds is 6. The number of anilines is 1. The van der Waals surface area contributed by atoms with Gasteiger partial charge in [-0.25, -0.2) is 0 Å². The molecule has 1 saturated heterocycles. The number of piperazine rings is 1. The van der Waals surface area contributed by atoms with Gasteiger partial charge in [0.15, 0.2) is 0 Å². The van der Waals surface area contributed by atoms with Gasteiger partial charge >= 0.3 is 0 Å². The molecule has 106 valence electrons. The van der Waals surface area contributed by atoms with Crippen molar-refractivity contribution in [2.75, 3.05) is 50.1 Å². The lowest BCUT2D eigenvalue weighted by molar-refractivity contribution is 0.254. The average molecular weight is 327 g/mol. The van der Waals surface area contributed by atoms with Crippen LogP contribution in [0.1, 0.15) is 12.8 Å². The van der Waals surface area contributed by atoms with E-state index in [0.717, 1.165) is 37.3 Å². The van der Waals surface area contributed by atoms with Gasteiger partial charge in [-0.2, -0.15) is 0 Å². The molecule has 0 atom stereocenters. The Morgan fingerprint density at radius 3 is 2.53 bits per heavy atom. The molecule has 1 aromatic carbocycles. The molecule has 0 amide bonds. The Labute approximate surface area is 124 Å². The Balaban J connectivity index is 1.85. The van der Waals surface area contributed by atoms with Crippen LogP contribution in [0.3, 0.4) is 0 Å². The predicted octanol–water partition coefficient (Wildman–Crippen LogP) is 2.99. The van der Waals surface area contributed by atoms with Gasteiger partial charge in [0, 0.05) is 31.5 Å². The third-order valence-corrected chi connectivity index (χ3v) is 4.22. The van der Waals surface area contributed by atoms with Gasteiger partial charge in [-0.05, 0) is 31.5 Å². The first kappa shape index (κ1) is 14.7. The number of hydrogen-bond acceptors (Lipinski definition) is 3. The van der Waals surface area contributed by atoms with Gasteiger partial charge in [-0.1, -0.05) is 28.1 Å². The largest absolute Gasteiger partial charge is 0.495 e. The zero-order valence-electron chi connectivity index (χ0n) is 11.6. The number of methoxy groups -OCH3 is 1. The molecule has 0 radical (unpaired) electrons. The number of para-hydroxylation sites is 2. The molecule has 1 aliphatic rings. The number of nitrogens with zero attached hydrogens (tertiary/aromatic N) is 2. The molecule has 0 N–H and O–H groups in total. The molecule has 0 bridgehead atoms. The second kappa shape index (κ2) is 7.75. The summed E-state index contributed by atoms with van der Waals surface area (Å²) in [5, 5.41) is 1.12. The first-order chi connectivity index (χ1) is 9.35. The topological polar surface area (TPSA) is 15.7 Å². The van der Waals surface area contributed by atoms with Crippen molar-refractivity contribution in [2.24, 2.45) is 0 Å². The van der Waals surface area contributed by atoms with E-state index in [4.69, 9.17) is 4.74 Å². The summed E-state index contributed by atoms with van der Waals surface area (Å²) in [6.07, 6.45) is 2.56. The lowest BCUT2D eigenvalue weighted by Gasteiger charge is -2.36. The predicted molar refractivity (Wildman–Crippen MR) is 84.7 cm³/mol. The van der Waals surface area contributed by atoms with Gasteiger partial charge in [-0.15, -0.1) is 0 Å². The van der Waals surface area contributed by atoms with E-state index in [1.54, 1.807) is 7.11 Å². The molecular formula is C15H23BrN2O. The smallest absolute Gasteiger partial charge is 0.142 e. The van der Waals surface area contributed by atoms with Gasteiger partial charge in [-0.3, -0.25) is 4.90 Å². The van der Waals surface area contributed by atoms with Crippen molar-refractivity contribution in [3.05, 3.63) is 24.3 Å². The molecule has 0 saturated carbocycles. The van der Waals surface area contributed by atoms with Crippen molar-refractivity contribution < 1.29 is 4.74 Å². The van der Waals surface area contributed by atoms with Crippen LogP contribution in [-0.2, 0) is 0 Å². The third-order valence-electron chi connectivity index (χ3n) is 3.66. The van der Waals surface area contributed by atoms with Crippen LogP contribution in [0, 0.1) is 0 Å². The highest BCUT2D eigenvalue weighted by Crippen LogP contribution is 2.28. The molecule has 0 aromatic heterocycles. The highest BCUT2D eigenvalue weighted by atomic mass is 79.9. The zero-order chi connectivity index (χ0) is 13.5. The summed E-state index contributed by atoms with van der Waals surface area (Å²) in [6.45, 7) is 5.72. The van der Waals surface area contributed by atoms with E-state index in [0.29, 0.717) is 0 Å². The quantitative estimate of drug-likeness (QED) is 0.590. The summed E-state index contributed by atoms with van der Waals surface area (Å²) in [6, 6.07) is 8.30. The summed E-state index contributed by atoms with van der Waals surface area (Å²) < 4.78 is 5.44. The number of unbranched alkanes of at least 4 members (excludes halogenated alkanes) is 1. The number of ether oxygens (including phenoxy) is 1. The van der Waals surface area contributed by atoms with Crippen LogP contribution in [-0.4, -0.2) is 50.1 Å². The molecule has 0 unspecified atom stereocenters. The number of benzene rings is 1. The van der Waals surface area contributed by atoms with E-state index < -0.39 is 0 Å². The van der Waals surface area contributed by atoms with Crippen molar-refractivity contribution >= 4 is 21.6 Å². The number of halogens is 1. The monoisotopic (exact) mass is 326 g/mol. The van der Waals surface area contributed by atoms with E-state index in [1.807, 2.05) is 12.1 Å². The van der Waals surface area contributed by atoms with Crippen LogP contribution < -0.4 is 9.64 Å². The fraction of sp³-hybridized carbons (Fsp3) is 0.600. The van der Waals surface area contributed by atoms with Crippen LogP contribution in [0.15, 0.2) is 24.3 Å². The number of alkyl halides is 1. The second-order valence-electron chi connectivity index (χ2n) is 4.90. The van der Waals surface area contributed by atoms with Gasteiger partial charge in [0.05, 0.1) is 12.8 Å². The van der Waals surface area contributed by atoms with Crippen molar-refractivity contribution in [3.63, 3.8) is 0 Å². The minimum Gasteiger partial charge on any atom is -0.495 e. The second-order valence-corrected chi connectivity index (χ2v) is 5.69. The third kappa shape index (κ3) is 4.11. The first-order valence-corrected chi connectivity index (χ1v) is 8.13. The Bertz CT molecular complexity index is 378. The minimum atomic E-state index is 0.982. The molecule has 19 heavy (non-hydrogen) atoms. The molecule has 1 aromatic rings. The van der Waals surface area contributed by atoms with Crippen LogP contribution in [0.2, 0.25) is 0 Å². The summed E-state index contributed by atoms with van der Waals surface area (Å²) in [5.74, 6) is 0.982. The SMILES string of the molecule is COc1ccccc1N1CCN(CCCCBr)CC1. The lowest BCUT2D eigenvalue weighted by Crippen LogP contribution is -2.46. The highest BCUT2D eigenvalue weighted by Gasteiger charge is 2.18. The minimum absolute atomic E-state index is 0.982. The van der Waals surface area contributed by atoms with Crippen LogP contribution in [0.25, 0.3) is 0 Å². The molecule has 1 aliphatic heterocycles. The maximum atomic E-state index is 5.44. The van der Waals surface area contributed by atoms with Crippen molar-refractivity contribution in [1.82, 2.24) is 4.90 Å². The summed E-state index contributed by atoms with van der Waals surface area (Å²) >= 11 is 3.49. The van der Waals surface area contributed by atoms with Crippen molar-refractivity contribution in [3.8, 4) is 5.75 Å². The van der Waals surface area contributed by atoms with E-state index in [-0.39, 0.29) is 0 Å². The summed E-state index contributed by atoms with van der Waals surface area (Å²) in [5.41, 5.74) is 1.23. The van der Waals surface area contributed by atoms with E-state index in [2.05, 4.69) is 37.9 Å².